The number of ether oxygens (including phenoxy) is 1. The van der Waals surface area contributed by atoms with Crippen molar-refractivity contribution < 1.29 is 14.0 Å². The highest BCUT2D eigenvalue weighted by Crippen LogP contribution is 2.37. The van der Waals surface area contributed by atoms with Gasteiger partial charge in [0.2, 0.25) is 0 Å². The highest BCUT2D eigenvalue weighted by molar-refractivity contribution is 6.74. The van der Waals surface area contributed by atoms with Crippen LogP contribution in [0.5, 0.6) is 0 Å². The molecule has 0 unspecified atom stereocenters. The summed E-state index contributed by atoms with van der Waals surface area (Å²) in [7, 11) is -1.99. The van der Waals surface area contributed by atoms with E-state index in [-0.39, 0.29) is 29.9 Å². The molecule has 1 amide bonds. The minimum Gasteiger partial charge on any atom is -0.445 e. The van der Waals surface area contributed by atoms with Crippen LogP contribution in [0.15, 0.2) is 73.3 Å². The SMILES string of the molecule is C=CCN(C[C@@H](NCc1ccccc1)[C@@H](C)O[Si](C)(C)C(C)(C)C)C(=O)OCc1ccccc1. The number of amides is 1. The van der Waals surface area contributed by atoms with Gasteiger partial charge in [0.25, 0.3) is 0 Å². The van der Waals surface area contributed by atoms with E-state index >= 15 is 0 Å². The van der Waals surface area contributed by atoms with Gasteiger partial charge >= 0.3 is 6.09 Å². The Morgan fingerprint density at radius 1 is 1.06 bits per heavy atom. The van der Waals surface area contributed by atoms with E-state index in [1.165, 1.54) is 5.56 Å². The largest absolute Gasteiger partial charge is 0.445 e. The smallest absolute Gasteiger partial charge is 0.410 e. The van der Waals surface area contributed by atoms with Gasteiger partial charge in [0, 0.05) is 25.7 Å². The van der Waals surface area contributed by atoms with Gasteiger partial charge in [0.15, 0.2) is 8.32 Å². The van der Waals surface area contributed by atoms with Gasteiger partial charge in [0.1, 0.15) is 6.61 Å². The minimum atomic E-state index is -1.99. The van der Waals surface area contributed by atoms with Crippen molar-refractivity contribution in [3.8, 4) is 0 Å². The first-order chi connectivity index (χ1) is 16.0. The quantitative estimate of drug-likeness (QED) is 0.282. The Bertz CT molecular complexity index is 882. The molecule has 0 aliphatic carbocycles. The van der Waals surface area contributed by atoms with Crippen molar-refractivity contribution >= 4 is 14.4 Å². The lowest BCUT2D eigenvalue weighted by atomic mass is 10.1. The van der Waals surface area contributed by atoms with E-state index in [2.05, 4.69) is 64.8 Å². The zero-order valence-corrected chi connectivity index (χ0v) is 22.7. The molecular weight excluding hydrogens is 440 g/mol. The minimum absolute atomic E-state index is 0.0708. The standard InChI is InChI=1S/C28H42N2O3Si/c1-8-19-30(27(31)32-22-25-17-13-10-14-18-25)21-26(29-20-24-15-11-9-12-16-24)23(2)33-34(6,7)28(3,4)5/h8-18,23,26,29H,1,19-22H2,2-7H3/t23-,26-/m1/s1. The van der Waals surface area contributed by atoms with E-state index in [1.807, 2.05) is 48.5 Å². The first-order valence-electron chi connectivity index (χ1n) is 12.0. The van der Waals surface area contributed by atoms with Crippen molar-refractivity contribution in [2.75, 3.05) is 13.1 Å². The van der Waals surface area contributed by atoms with Gasteiger partial charge in [-0.05, 0) is 36.2 Å². The van der Waals surface area contributed by atoms with Crippen molar-refractivity contribution in [1.29, 1.82) is 0 Å². The van der Waals surface area contributed by atoms with Crippen LogP contribution in [-0.4, -0.2) is 44.5 Å². The molecule has 2 aromatic rings. The number of carbonyl (C=O) groups is 1. The highest BCUT2D eigenvalue weighted by atomic mass is 28.4. The third kappa shape index (κ3) is 8.74. The summed E-state index contributed by atoms with van der Waals surface area (Å²) in [6.45, 7) is 19.0. The Balaban J connectivity index is 2.14. The number of nitrogens with zero attached hydrogens (tertiary/aromatic N) is 1. The van der Waals surface area contributed by atoms with Crippen molar-refractivity contribution in [3.05, 3.63) is 84.4 Å². The van der Waals surface area contributed by atoms with Gasteiger partial charge < -0.3 is 19.4 Å². The van der Waals surface area contributed by atoms with Gasteiger partial charge in [-0.15, -0.1) is 6.58 Å². The maximum absolute atomic E-state index is 13.0. The lowest BCUT2D eigenvalue weighted by Crippen LogP contribution is -2.54. The molecule has 0 radical (unpaired) electrons. The average molecular weight is 483 g/mol. The van der Waals surface area contributed by atoms with Crippen LogP contribution in [0.1, 0.15) is 38.8 Å². The lowest BCUT2D eigenvalue weighted by Gasteiger charge is -2.41. The van der Waals surface area contributed by atoms with Crippen LogP contribution in [0.3, 0.4) is 0 Å². The maximum atomic E-state index is 13.0. The summed E-state index contributed by atoms with van der Waals surface area (Å²) in [5.41, 5.74) is 2.15. The number of benzene rings is 2. The molecule has 0 saturated heterocycles. The van der Waals surface area contributed by atoms with E-state index in [9.17, 15) is 4.79 Å². The summed E-state index contributed by atoms with van der Waals surface area (Å²) in [6, 6.07) is 19.9. The summed E-state index contributed by atoms with van der Waals surface area (Å²) in [5.74, 6) is 0. The zero-order chi connectivity index (χ0) is 25.2. The van der Waals surface area contributed by atoms with Crippen molar-refractivity contribution in [2.24, 2.45) is 0 Å². The predicted octanol–water partition coefficient (Wildman–Crippen LogP) is 6.38. The average Bonchev–Trinajstić information content (AvgIpc) is 2.79. The second kappa shape index (κ2) is 12.9. The fourth-order valence-electron chi connectivity index (χ4n) is 3.37. The van der Waals surface area contributed by atoms with Crippen LogP contribution in [0.25, 0.3) is 0 Å². The highest BCUT2D eigenvalue weighted by Gasteiger charge is 2.40. The van der Waals surface area contributed by atoms with E-state index in [0.29, 0.717) is 19.6 Å². The molecule has 34 heavy (non-hydrogen) atoms. The summed E-state index contributed by atoms with van der Waals surface area (Å²) in [4.78, 5) is 14.7. The summed E-state index contributed by atoms with van der Waals surface area (Å²) < 4.78 is 12.3. The molecule has 1 N–H and O–H groups in total. The molecule has 0 heterocycles. The molecular formula is C28H42N2O3Si. The molecule has 5 nitrogen and oxygen atoms in total. The van der Waals surface area contributed by atoms with Gasteiger partial charge in [-0.25, -0.2) is 4.79 Å². The first-order valence-corrected chi connectivity index (χ1v) is 15.0. The van der Waals surface area contributed by atoms with Crippen LogP contribution < -0.4 is 5.32 Å². The van der Waals surface area contributed by atoms with E-state index in [1.54, 1.807) is 11.0 Å². The molecule has 186 valence electrons. The van der Waals surface area contributed by atoms with Crippen LogP contribution in [0.4, 0.5) is 4.79 Å². The molecule has 0 aliphatic heterocycles. The second-order valence-electron chi connectivity index (χ2n) is 10.3. The molecule has 0 bridgehead atoms. The van der Waals surface area contributed by atoms with Gasteiger partial charge in [-0.1, -0.05) is 87.5 Å². The van der Waals surface area contributed by atoms with Crippen LogP contribution in [-0.2, 0) is 22.3 Å². The first kappa shape index (κ1) is 27.8. The van der Waals surface area contributed by atoms with Crippen molar-refractivity contribution in [1.82, 2.24) is 10.2 Å². The van der Waals surface area contributed by atoms with Crippen LogP contribution in [0.2, 0.25) is 18.1 Å². The van der Waals surface area contributed by atoms with Crippen LogP contribution >= 0.6 is 0 Å². The molecule has 2 aromatic carbocycles. The summed E-state index contributed by atoms with van der Waals surface area (Å²) in [6.07, 6.45) is 1.30. The molecule has 0 spiro atoms. The van der Waals surface area contributed by atoms with Crippen molar-refractivity contribution in [2.45, 2.75) is 71.1 Å². The van der Waals surface area contributed by atoms with Gasteiger partial charge in [-0.2, -0.15) is 0 Å². The van der Waals surface area contributed by atoms with Crippen molar-refractivity contribution in [3.63, 3.8) is 0 Å². The Hall–Kier alpha value is -2.41. The normalized spacial score (nSPS) is 13.7. The Labute approximate surface area is 207 Å². The monoisotopic (exact) mass is 482 g/mol. The lowest BCUT2D eigenvalue weighted by molar-refractivity contribution is 0.0820. The topological polar surface area (TPSA) is 50.8 Å². The number of carbonyl (C=O) groups excluding carboxylic acids is 1. The van der Waals surface area contributed by atoms with E-state index in [4.69, 9.17) is 9.16 Å². The fourth-order valence-corrected chi connectivity index (χ4v) is 4.82. The maximum Gasteiger partial charge on any atom is 0.410 e. The molecule has 0 saturated carbocycles. The fraction of sp³-hybridized carbons (Fsp3) is 0.464. The molecule has 0 fully saturated rings. The Kier molecular flexibility index (Phi) is 10.5. The number of rotatable bonds is 12. The Morgan fingerprint density at radius 3 is 2.15 bits per heavy atom. The Morgan fingerprint density at radius 2 is 1.62 bits per heavy atom. The number of hydrogen-bond acceptors (Lipinski definition) is 4. The third-order valence-corrected chi connectivity index (χ3v) is 11.1. The third-order valence-electron chi connectivity index (χ3n) is 6.49. The zero-order valence-electron chi connectivity index (χ0n) is 21.7. The van der Waals surface area contributed by atoms with Crippen LogP contribution in [0, 0.1) is 0 Å². The van der Waals surface area contributed by atoms with E-state index < -0.39 is 8.32 Å². The predicted molar refractivity (Wildman–Crippen MR) is 143 cm³/mol. The second-order valence-corrected chi connectivity index (χ2v) is 15.0. The molecule has 0 aliphatic rings. The molecule has 2 rings (SSSR count). The van der Waals surface area contributed by atoms with Gasteiger partial charge in [0.05, 0.1) is 6.10 Å². The number of hydrogen-bond donors (Lipinski definition) is 1. The molecule has 0 aromatic heterocycles. The van der Waals surface area contributed by atoms with Gasteiger partial charge in [-0.3, -0.25) is 0 Å². The van der Waals surface area contributed by atoms with E-state index in [0.717, 1.165) is 5.56 Å². The molecule has 2 atom stereocenters. The number of nitrogens with one attached hydrogen (secondary N) is 1. The molecule has 6 heteroatoms. The summed E-state index contributed by atoms with van der Waals surface area (Å²) in [5, 5.41) is 3.74. The summed E-state index contributed by atoms with van der Waals surface area (Å²) >= 11 is 0.